The molecule has 2 aromatic heterocycles. The highest BCUT2D eigenvalue weighted by molar-refractivity contribution is 6.30. The van der Waals surface area contributed by atoms with Crippen molar-refractivity contribution in [3.05, 3.63) is 70.1 Å². The number of aromatic amines is 1. The molecule has 0 radical (unpaired) electrons. The number of hydrogen-bond donors (Lipinski definition) is 2. The molecule has 0 unspecified atom stereocenters. The summed E-state index contributed by atoms with van der Waals surface area (Å²) in [4.78, 5) is 33.0. The van der Waals surface area contributed by atoms with Crippen molar-refractivity contribution in [1.29, 1.82) is 0 Å². The number of piperazine rings is 1. The van der Waals surface area contributed by atoms with Gasteiger partial charge in [-0.1, -0.05) is 35.9 Å². The fraction of sp³-hybridized carbons (Fsp3) is 0.292. The minimum Gasteiger partial charge on any atom is -0.369 e. The third-order valence-electron chi connectivity index (χ3n) is 6.11. The van der Waals surface area contributed by atoms with Crippen LogP contribution in [0.2, 0.25) is 5.02 Å². The zero-order chi connectivity index (χ0) is 22.8. The first-order valence-corrected chi connectivity index (χ1v) is 11.4. The number of anilines is 1. The number of fused-ring (bicyclic) bond motifs is 3. The van der Waals surface area contributed by atoms with Crippen molar-refractivity contribution >= 4 is 45.0 Å². The Labute approximate surface area is 195 Å². The van der Waals surface area contributed by atoms with Gasteiger partial charge in [0.2, 0.25) is 5.91 Å². The molecule has 33 heavy (non-hydrogen) atoms. The van der Waals surface area contributed by atoms with Crippen LogP contribution in [0, 0.1) is 0 Å². The monoisotopic (exact) mass is 464 g/mol. The first kappa shape index (κ1) is 21.5. The molecule has 0 saturated carbocycles. The average Bonchev–Trinajstić information content (AvgIpc) is 3.21. The van der Waals surface area contributed by atoms with Gasteiger partial charge in [0, 0.05) is 66.3 Å². The fourth-order valence-corrected chi connectivity index (χ4v) is 4.52. The molecule has 5 rings (SSSR count). The molecule has 9 heteroatoms. The summed E-state index contributed by atoms with van der Waals surface area (Å²) in [5.41, 5.74) is 2.19. The van der Waals surface area contributed by atoms with Crippen molar-refractivity contribution in [3.8, 4) is 0 Å². The second-order valence-corrected chi connectivity index (χ2v) is 8.66. The maximum absolute atomic E-state index is 12.8. The highest BCUT2D eigenvalue weighted by atomic mass is 35.5. The number of nitrogens with one attached hydrogen (secondary N) is 2. The molecule has 1 aliphatic rings. The van der Waals surface area contributed by atoms with Crippen molar-refractivity contribution in [2.24, 2.45) is 0 Å². The second kappa shape index (κ2) is 9.25. The maximum atomic E-state index is 12.8. The van der Waals surface area contributed by atoms with Crippen LogP contribution >= 0.6 is 11.6 Å². The first-order valence-electron chi connectivity index (χ1n) is 11.0. The average molecular weight is 465 g/mol. The molecule has 1 saturated heterocycles. The molecule has 2 aromatic carbocycles. The van der Waals surface area contributed by atoms with Gasteiger partial charge < -0.3 is 15.2 Å². The molecule has 0 aliphatic carbocycles. The Morgan fingerprint density at radius 2 is 1.88 bits per heavy atom. The molecule has 1 aliphatic heterocycles. The first-order chi connectivity index (χ1) is 16.1. The molecular formula is C24H25ClN6O2. The lowest BCUT2D eigenvalue weighted by Gasteiger charge is -2.36. The number of carbonyl (C=O) groups is 1. The molecule has 3 heterocycles. The summed E-state index contributed by atoms with van der Waals surface area (Å²) in [7, 11) is 0. The van der Waals surface area contributed by atoms with Crippen LogP contribution < -0.4 is 15.8 Å². The van der Waals surface area contributed by atoms with Gasteiger partial charge in [0.25, 0.3) is 5.56 Å². The molecule has 0 bridgehead atoms. The predicted molar refractivity (Wildman–Crippen MR) is 131 cm³/mol. The van der Waals surface area contributed by atoms with Crippen LogP contribution in [0.3, 0.4) is 0 Å². The van der Waals surface area contributed by atoms with Crippen LogP contribution in [0.5, 0.6) is 0 Å². The zero-order valence-electron chi connectivity index (χ0n) is 18.1. The van der Waals surface area contributed by atoms with Crippen molar-refractivity contribution in [3.63, 3.8) is 0 Å². The highest BCUT2D eigenvalue weighted by Gasteiger charge is 2.17. The van der Waals surface area contributed by atoms with Gasteiger partial charge in [0.1, 0.15) is 12.1 Å². The smallest absolute Gasteiger partial charge is 0.291 e. The van der Waals surface area contributed by atoms with Gasteiger partial charge in [0.15, 0.2) is 0 Å². The predicted octanol–water partition coefficient (Wildman–Crippen LogP) is 2.47. The topological polar surface area (TPSA) is 86.3 Å². The lowest BCUT2D eigenvalue weighted by Crippen LogP contribution is -2.48. The van der Waals surface area contributed by atoms with Gasteiger partial charge in [0.05, 0.1) is 6.20 Å². The van der Waals surface area contributed by atoms with E-state index in [1.807, 2.05) is 42.5 Å². The van der Waals surface area contributed by atoms with Crippen molar-refractivity contribution < 1.29 is 4.79 Å². The van der Waals surface area contributed by atoms with E-state index in [0.29, 0.717) is 12.1 Å². The maximum Gasteiger partial charge on any atom is 0.291 e. The second-order valence-electron chi connectivity index (χ2n) is 8.23. The molecule has 0 spiro atoms. The minimum atomic E-state index is -0.295. The van der Waals surface area contributed by atoms with Crippen LogP contribution in [0.25, 0.3) is 21.8 Å². The van der Waals surface area contributed by atoms with Crippen molar-refractivity contribution in [2.75, 3.05) is 44.2 Å². The summed E-state index contributed by atoms with van der Waals surface area (Å²) in [6.45, 7) is 4.85. The Hall–Kier alpha value is -3.36. The Morgan fingerprint density at radius 3 is 2.70 bits per heavy atom. The third-order valence-corrected chi connectivity index (χ3v) is 6.35. The lowest BCUT2D eigenvalue weighted by molar-refractivity contribution is -0.121. The number of para-hydroxylation sites is 1. The third kappa shape index (κ3) is 4.58. The summed E-state index contributed by atoms with van der Waals surface area (Å²) in [5, 5.41) is 9.58. The Bertz CT molecular complexity index is 1360. The highest BCUT2D eigenvalue weighted by Crippen LogP contribution is 2.22. The zero-order valence-corrected chi connectivity index (χ0v) is 18.9. The van der Waals surface area contributed by atoms with Gasteiger partial charge >= 0.3 is 0 Å². The SMILES string of the molecule is O=C(Cn1ncc2c([nH]c3ccccc32)c1=O)NCCN1CCN(c2cccc(Cl)c2)CC1. The van der Waals surface area contributed by atoms with E-state index in [1.54, 1.807) is 6.20 Å². The number of hydrogen-bond acceptors (Lipinski definition) is 5. The van der Waals surface area contributed by atoms with E-state index >= 15 is 0 Å². The minimum absolute atomic E-state index is 0.104. The van der Waals surface area contributed by atoms with Gasteiger partial charge in [-0.25, -0.2) is 4.68 Å². The number of nitrogens with zero attached hydrogens (tertiary/aromatic N) is 4. The standard InChI is InChI=1S/C24H25ClN6O2/c25-17-4-3-5-18(14-17)30-12-10-29(11-13-30)9-8-26-22(32)16-31-24(33)23-20(15-27-31)19-6-1-2-7-21(19)28-23/h1-7,14-15,28H,8-13,16H2,(H,26,32). The van der Waals surface area contributed by atoms with E-state index in [4.69, 9.17) is 11.6 Å². The number of halogens is 1. The summed E-state index contributed by atoms with van der Waals surface area (Å²) in [6.07, 6.45) is 1.64. The van der Waals surface area contributed by atoms with E-state index in [9.17, 15) is 9.59 Å². The van der Waals surface area contributed by atoms with Crippen LogP contribution in [0.15, 0.2) is 59.5 Å². The molecular weight excluding hydrogens is 440 g/mol. The van der Waals surface area contributed by atoms with E-state index in [0.717, 1.165) is 59.7 Å². The summed E-state index contributed by atoms with van der Waals surface area (Å²) in [6, 6.07) is 15.6. The molecule has 1 fully saturated rings. The fourth-order valence-electron chi connectivity index (χ4n) is 4.34. The summed E-state index contributed by atoms with van der Waals surface area (Å²) in [5.74, 6) is -0.224. The van der Waals surface area contributed by atoms with Gasteiger partial charge in [-0.05, 0) is 24.3 Å². The van der Waals surface area contributed by atoms with E-state index in [1.165, 1.54) is 4.68 Å². The number of carbonyl (C=O) groups excluding carboxylic acids is 1. The number of benzene rings is 2. The normalized spacial score (nSPS) is 14.8. The molecule has 2 N–H and O–H groups in total. The summed E-state index contributed by atoms with van der Waals surface area (Å²) >= 11 is 6.10. The van der Waals surface area contributed by atoms with E-state index in [-0.39, 0.29) is 18.0 Å². The van der Waals surface area contributed by atoms with Crippen LogP contribution in [0.4, 0.5) is 5.69 Å². The van der Waals surface area contributed by atoms with Crippen LogP contribution in [-0.2, 0) is 11.3 Å². The van der Waals surface area contributed by atoms with Crippen LogP contribution in [0.1, 0.15) is 0 Å². The van der Waals surface area contributed by atoms with Crippen molar-refractivity contribution in [2.45, 2.75) is 6.54 Å². The van der Waals surface area contributed by atoms with E-state index < -0.39 is 0 Å². The van der Waals surface area contributed by atoms with Crippen molar-refractivity contribution in [1.82, 2.24) is 25.0 Å². The largest absolute Gasteiger partial charge is 0.369 e. The Balaban J connectivity index is 1.13. The number of rotatable bonds is 6. The Morgan fingerprint density at radius 1 is 1.06 bits per heavy atom. The van der Waals surface area contributed by atoms with E-state index in [2.05, 4.69) is 31.3 Å². The van der Waals surface area contributed by atoms with Gasteiger partial charge in [-0.3, -0.25) is 14.5 Å². The molecule has 0 atom stereocenters. The molecule has 1 amide bonds. The number of H-pyrrole nitrogens is 1. The lowest BCUT2D eigenvalue weighted by atomic mass is 10.2. The quantitative estimate of drug-likeness (QED) is 0.458. The summed E-state index contributed by atoms with van der Waals surface area (Å²) < 4.78 is 1.21. The molecule has 170 valence electrons. The van der Waals surface area contributed by atoms with Gasteiger partial charge in [-0.15, -0.1) is 0 Å². The van der Waals surface area contributed by atoms with Gasteiger partial charge in [-0.2, -0.15) is 5.10 Å². The number of aromatic nitrogens is 3. The number of amides is 1. The Kier molecular flexibility index (Phi) is 6.02. The molecule has 4 aromatic rings. The van der Waals surface area contributed by atoms with Crippen LogP contribution in [-0.4, -0.2) is 64.8 Å². The molecule has 8 nitrogen and oxygen atoms in total.